The van der Waals surface area contributed by atoms with Gasteiger partial charge in [0.1, 0.15) is 23.2 Å². The van der Waals surface area contributed by atoms with E-state index in [-0.39, 0.29) is 53.7 Å². The van der Waals surface area contributed by atoms with Crippen molar-refractivity contribution in [2.75, 3.05) is 6.54 Å². The first-order valence-electron chi connectivity index (χ1n) is 18.3. The number of aryl methyl sites for hydroxylation is 2. The van der Waals surface area contributed by atoms with E-state index in [1.165, 1.54) is 11.1 Å². The summed E-state index contributed by atoms with van der Waals surface area (Å²) in [7, 11) is 1.69. The van der Waals surface area contributed by atoms with Crippen LogP contribution in [0.1, 0.15) is 80.4 Å². The molecule has 2 heterocycles. The largest absolute Gasteiger partial charge is 0.457 e. The lowest BCUT2D eigenvalue weighted by Gasteiger charge is -2.67. The third-order valence-corrected chi connectivity index (χ3v) is 11.9. The second-order valence-corrected chi connectivity index (χ2v) is 16.2. The standard InChI is InChI=1S/C40H51N5O6/c1-22(2)17-28(33-34-35(33)51-40(6)31-19-25(39(31,4)5)20-32(40)50-34)42-37(47)29(21-41-38(48)30-18-23(3)44-45(30)7)43-36(46)24-13-15-27(16-14-24)49-26-11-9-8-10-12-26/h8-16,18,22,25,28-29,31-35H,17,19-21H2,1-7H3,(H,41,48)(H,42,47)(H,43,46)/t25?,28?,29-,31?,32?,33?,34?,35?,40-/m0/s1. The first-order valence-corrected chi connectivity index (χ1v) is 18.3. The van der Waals surface area contributed by atoms with E-state index >= 15 is 0 Å². The Morgan fingerprint density at radius 3 is 2.31 bits per heavy atom. The van der Waals surface area contributed by atoms with Crippen LogP contribution in [-0.2, 0) is 21.3 Å². The molecule has 1 aliphatic heterocycles. The van der Waals surface area contributed by atoms with E-state index < -0.39 is 17.9 Å². The summed E-state index contributed by atoms with van der Waals surface area (Å²) < 4.78 is 21.1. The van der Waals surface area contributed by atoms with E-state index in [1.807, 2.05) is 30.3 Å². The molecule has 5 aliphatic rings. The van der Waals surface area contributed by atoms with Gasteiger partial charge in [-0.1, -0.05) is 45.9 Å². The van der Waals surface area contributed by atoms with Crippen LogP contribution in [0.5, 0.6) is 11.5 Å². The zero-order valence-corrected chi connectivity index (χ0v) is 30.6. The van der Waals surface area contributed by atoms with E-state index in [2.05, 4.69) is 55.7 Å². The Bertz CT molecular complexity index is 1770. The normalized spacial score (nSPS) is 29.4. The number of nitrogens with one attached hydrogen (secondary N) is 3. The van der Waals surface area contributed by atoms with Gasteiger partial charge in [-0.15, -0.1) is 0 Å². The number of benzene rings is 2. The smallest absolute Gasteiger partial charge is 0.269 e. The lowest BCUT2D eigenvalue weighted by atomic mass is 9.43. The molecule has 9 atom stereocenters. The predicted molar refractivity (Wildman–Crippen MR) is 191 cm³/mol. The molecule has 2 aromatic carbocycles. The van der Waals surface area contributed by atoms with Gasteiger partial charge in [-0.25, -0.2) is 0 Å². The van der Waals surface area contributed by atoms with E-state index in [0.717, 1.165) is 12.8 Å². The Hall–Kier alpha value is -4.22. The fourth-order valence-electron chi connectivity index (χ4n) is 8.95. The number of rotatable bonds is 12. The summed E-state index contributed by atoms with van der Waals surface area (Å²) in [5.41, 5.74) is 1.31. The molecule has 3 aromatic rings. The molecule has 11 heteroatoms. The number of amides is 3. The van der Waals surface area contributed by atoms with Crippen LogP contribution in [0, 0.1) is 36.0 Å². The number of fused-ring (bicyclic) bond motifs is 1. The lowest BCUT2D eigenvalue weighted by molar-refractivity contribution is -0.307. The maximum absolute atomic E-state index is 14.2. The Morgan fingerprint density at radius 2 is 1.67 bits per heavy atom. The molecular weight excluding hydrogens is 646 g/mol. The van der Waals surface area contributed by atoms with E-state index in [0.29, 0.717) is 46.2 Å². The van der Waals surface area contributed by atoms with Gasteiger partial charge >= 0.3 is 0 Å². The summed E-state index contributed by atoms with van der Waals surface area (Å²) >= 11 is 0. The number of ether oxygens (including phenoxy) is 3. The van der Waals surface area contributed by atoms with Crippen molar-refractivity contribution in [1.82, 2.24) is 25.7 Å². The highest BCUT2D eigenvalue weighted by molar-refractivity contribution is 5.98. The number of carbonyl (C=O) groups is 3. The summed E-state index contributed by atoms with van der Waals surface area (Å²) in [5, 5.41) is 13.3. The van der Waals surface area contributed by atoms with Crippen LogP contribution in [-0.4, -0.2) is 70.0 Å². The maximum Gasteiger partial charge on any atom is 0.269 e. The van der Waals surface area contributed by atoms with Gasteiger partial charge in [0.2, 0.25) is 5.91 Å². The first kappa shape index (κ1) is 35.2. The Kier molecular flexibility index (Phi) is 9.24. The molecule has 3 N–H and O–H groups in total. The average Bonchev–Trinajstić information content (AvgIpc) is 3.66. The maximum atomic E-state index is 14.2. The average molecular weight is 698 g/mol. The zero-order valence-electron chi connectivity index (χ0n) is 30.6. The Morgan fingerprint density at radius 1 is 0.961 bits per heavy atom. The number of nitrogens with zero attached hydrogens (tertiary/aromatic N) is 2. The molecular formula is C40H51N5O6. The van der Waals surface area contributed by atoms with Crippen molar-refractivity contribution in [2.45, 2.75) is 96.8 Å². The van der Waals surface area contributed by atoms with Crippen LogP contribution in [0.4, 0.5) is 0 Å². The third kappa shape index (κ3) is 6.78. The van der Waals surface area contributed by atoms with Gasteiger partial charge < -0.3 is 30.2 Å². The van der Waals surface area contributed by atoms with Crippen molar-refractivity contribution in [3.8, 4) is 11.5 Å². The molecule has 272 valence electrons. The van der Waals surface area contributed by atoms with E-state index in [9.17, 15) is 14.4 Å². The number of hydrogen-bond acceptors (Lipinski definition) is 7. The highest BCUT2D eigenvalue weighted by Crippen LogP contribution is 2.67. The second kappa shape index (κ2) is 13.4. The van der Waals surface area contributed by atoms with Gasteiger partial charge in [0.15, 0.2) is 0 Å². The van der Waals surface area contributed by atoms with Crippen molar-refractivity contribution in [3.63, 3.8) is 0 Å². The van der Waals surface area contributed by atoms with Crippen LogP contribution in [0.2, 0.25) is 0 Å². The summed E-state index contributed by atoms with van der Waals surface area (Å²) in [4.78, 5) is 40.9. The van der Waals surface area contributed by atoms with Crippen LogP contribution in [0.25, 0.3) is 0 Å². The molecule has 2 bridgehead atoms. The highest BCUT2D eigenvalue weighted by atomic mass is 16.6. The number of para-hydroxylation sites is 1. The van der Waals surface area contributed by atoms with Crippen molar-refractivity contribution >= 4 is 17.7 Å². The molecule has 4 saturated carbocycles. The van der Waals surface area contributed by atoms with Crippen LogP contribution in [0.15, 0.2) is 60.7 Å². The van der Waals surface area contributed by atoms with Crippen LogP contribution in [0.3, 0.4) is 0 Å². The fourth-order valence-corrected chi connectivity index (χ4v) is 8.95. The third-order valence-electron chi connectivity index (χ3n) is 11.9. The molecule has 1 aromatic heterocycles. The number of carbonyl (C=O) groups excluding carboxylic acids is 3. The van der Waals surface area contributed by atoms with Gasteiger partial charge in [0, 0.05) is 31.1 Å². The Balaban J connectivity index is 1.06. The molecule has 8 rings (SSSR count). The molecule has 11 nitrogen and oxygen atoms in total. The van der Waals surface area contributed by atoms with Crippen molar-refractivity contribution < 1.29 is 28.6 Å². The highest BCUT2D eigenvalue weighted by Gasteiger charge is 2.72. The summed E-state index contributed by atoms with van der Waals surface area (Å²) in [6.07, 6.45) is 2.77. The number of hydrogen-bond donors (Lipinski definition) is 3. The molecule has 4 aliphatic carbocycles. The summed E-state index contributed by atoms with van der Waals surface area (Å²) in [6, 6.07) is 16.5. The van der Waals surface area contributed by atoms with Gasteiger partial charge in [-0.05, 0) is 98.7 Å². The minimum atomic E-state index is -1.05. The van der Waals surface area contributed by atoms with Gasteiger partial charge in [-0.2, -0.15) is 5.10 Å². The second-order valence-electron chi connectivity index (χ2n) is 16.2. The van der Waals surface area contributed by atoms with Gasteiger partial charge in [0.05, 0.1) is 29.6 Å². The lowest BCUT2D eigenvalue weighted by Crippen LogP contribution is -2.69. The van der Waals surface area contributed by atoms with Gasteiger partial charge in [0.25, 0.3) is 11.8 Å². The fraction of sp³-hybridized carbons (Fsp3) is 0.550. The van der Waals surface area contributed by atoms with E-state index in [4.69, 9.17) is 14.2 Å². The first-order chi connectivity index (χ1) is 24.2. The molecule has 7 unspecified atom stereocenters. The summed E-state index contributed by atoms with van der Waals surface area (Å²) in [5.74, 6) is 1.42. The topological polar surface area (TPSA) is 133 Å². The van der Waals surface area contributed by atoms with Crippen LogP contribution < -0.4 is 20.7 Å². The predicted octanol–water partition coefficient (Wildman–Crippen LogP) is 5.19. The Labute approximate surface area is 300 Å². The van der Waals surface area contributed by atoms with Gasteiger partial charge in [-0.3, -0.25) is 19.1 Å². The molecule has 3 amide bonds. The number of aromatic nitrogens is 2. The molecule has 1 saturated heterocycles. The SMILES string of the molecule is Cc1cc(C(=O)NC[C@H](NC(=O)c2ccc(Oc3ccccc3)cc2)C(=O)NC(CC(C)C)C2C3OC4CC5CC(C5(C)C)[C@]4(C)OC32)n(C)n1. The van der Waals surface area contributed by atoms with Crippen molar-refractivity contribution in [2.24, 2.45) is 36.1 Å². The molecule has 0 spiro atoms. The molecule has 5 fully saturated rings. The molecule has 51 heavy (non-hydrogen) atoms. The summed E-state index contributed by atoms with van der Waals surface area (Å²) in [6.45, 7) is 12.9. The monoisotopic (exact) mass is 697 g/mol. The minimum absolute atomic E-state index is 0.000364. The minimum Gasteiger partial charge on any atom is -0.457 e. The zero-order chi connectivity index (χ0) is 36.2. The van der Waals surface area contributed by atoms with Crippen LogP contribution >= 0.6 is 0 Å². The van der Waals surface area contributed by atoms with Crippen molar-refractivity contribution in [3.05, 3.63) is 77.6 Å². The van der Waals surface area contributed by atoms with E-state index in [1.54, 1.807) is 44.3 Å². The molecule has 0 radical (unpaired) electrons. The quantitative estimate of drug-likeness (QED) is 0.238. The van der Waals surface area contributed by atoms with Crippen molar-refractivity contribution in [1.29, 1.82) is 0 Å².